The van der Waals surface area contributed by atoms with Crippen LogP contribution in [0.1, 0.15) is 52.4 Å². The molecule has 0 spiro atoms. The molecule has 0 saturated carbocycles. The van der Waals surface area contributed by atoms with Gasteiger partial charge in [-0.2, -0.15) is 0 Å². The first-order valence-corrected chi connectivity index (χ1v) is 5.51. The van der Waals surface area contributed by atoms with Crippen LogP contribution in [-0.2, 0) is 14.3 Å². The van der Waals surface area contributed by atoms with Crippen molar-refractivity contribution in [2.75, 3.05) is 0 Å². The van der Waals surface area contributed by atoms with Crippen molar-refractivity contribution in [2.45, 2.75) is 58.5 Å². The van der Waals surface area contributed by atoms with Crippen LogP contribution in [0.3, 0.4) is 0 Å². The van der Waals surface area contributed by atoms with E-state index in [9.17, 15) is 9.59 Å². The number of carboxylic acid groups (broad SMARTS) is 1. The van der Waals surface area contributed by atoms with Crippen molar-refractivity contribution in [1.82, 2.24) is 0 Å². The highest BCUT2D eigenvalue weighted by atomic mass is 16.5. The maximum atomic E-state index is 10.4. The largest absolute Gasteiger partial charge is 0.481 e. The van der Waals surface area contributed by atoms with Crippen molar-refractivity contribution in [1.29, 1.82) is 0 Å². The van der Waals surface area contributed by atoms with E-state index in [2.05, 4.69) is 0 Å². The number of aliphatic carboxylic acids is 1. The lowest BCUT2D eigenvalue weighted by molar-refractivity contribution is -0.141. The monoisotopic (exact) mass is 216 g/mol. The van der Waals surface area contributed by atoms with Crippen molar-refractivity contribution < 1.29 is 19.4 Å². The second kappa shape index (κ2) is 8.26. The van der Waals surface area contributed by atoms with Crippen molar-refractivity contribution >= 4 is 11.9 Å². The minimum atomic E-state index is -0.693. The van der Waals surface area contributed by atoms with E-state index in [1.165, 1.54) is 0 Å². The molecule has 1 aliphatic rings. The molecule has 0 aliphatic carbocycles. The van der Waals surface area contributed by atoms with Crippen molar-refractivity contribution in [2.24, 2.45) is 0 Å². The van der Waals surface area contributed by atoms with Gasteiger partial charge in [-0.05, 0) is 19.3 Å². The summed E-state index contributed by atoms with van der Waals surface area (Å²) in [7, 11) is 0. The van der Waals surface area contributed by atoms with E-state index in [4.69, 9.17) is 9.84 Å². The Morgan fingerprint density at radius 1 is 1.53 bits per heavy atom. The highest BCUT2D eigenvalue weighted by Gasteiger charge is 2.20. The zero-order valence-electron chi connectivity index (χ0n) is 9.49. The van der Waals surface area contributed by atoms with Crippen molar-refractivity contribution in [3.63, 3.8) is 0 Å². The van der Waals surface area contributed by atoms with Crippen molar-refractivity contribution in [3.8, 4) is 0 Å². The van der Waals surface area contributed by atoms with Gasteiger partial charge < -0.3 is 9.84 Å². The molecule has 1 unspecified atom stereocenters. The van der Waals surface area contributed by atoms with Gasteiger partial charge in [0, 0.05) is 12.8 Å². The number of carbonyl (C=O) groups is 2. The number of ether oxygens (including phenoxy) is 1. The predicted molar refractivity (Wildman–Crippen MR) is 56.6 cm³/mol. The number of rotatable bonds is 4. The van der Waals surface area contributed by atoms with Gasteiger partial charge in [0.1, 0.15) is 6.10 Å². The number of esters is 1. The number of carboxylic acids is 1. The molecule has 1 saturated heterocycles. The van der Waals surface area contributed by atoms with E-state index in [0.717, 1.165) is 25.7 Å². The van der Waals surface area contributed by atoms with Gasteiger partial charge in [-0.25, -0.2) is 0 Å². The molecule has 15 heavy (non-hydrogen) atoms. The van der Waals surface area contributed by atoms with Crippen molar-refractivity contribution in [3.05, 3.63) is 0 Å². The van der Waals surface area contributed by atoms with E-state index in [1.54, 1.807) is 0 Å². The standard InChI is InChI=1S/C6H10O2.C5H10O2/c1-2-5-3-4-6(7)8-5;1-2-3-4-5(6)7/h5H,2-4H2,1H3;2-4H2,1H3,(H,6,7). The average molecular weight is 216 g/mol. The van der Waals surface area contributed by atoms with Gasteiger partial charge in [0.15, 0.2) is 0 Å². The first kappa shape index (κ1) is 13.9. The lowest BCUT2D eigenvalue weighted by Crippen LogP contribution is -2.03. The maximum Gasteiger partial charge on any atom is 0.306 e. The Bertz CT molecular complexity index is 201. The van der Waals surface area contributed by atoms with Gasteiger partial charge in [0.25, 0.3) is 0 Å². The first-order chi connectivity index (χ1) is 7.10. The second-order valence-electron chi connectivity index (χ2n) is 3.56. The molecule has 1 N–H and O–H groups in total. The summed E-state index contributed by atoms with van der Waals surface area (Å²) in [4.78, 5) is 20.1. The molecule has 4 heteroatoms. The Morgan fingerprint density at radius 2 is 2.20 bits per heavy atom. The van der Waals surface area contributed by atoms with Gasteiger partial charge in [0.05, 0.1) is 0 Å². The normalized spacial score (nSPS) is 19.1. The minimum Gasteiger partial charge on any atom is -0.481 e. The lowest BCUT2D eigenvalue weighted by Gasteiger charge is -2.01. The molecule has 0 aromatic carbocycles. The van der Waals surface area contributed by atoms with Crippen LogP contribution in [0, 0.1) is 0 Å². The third-order valence-corrected chi connectivity index (χ3v) is 2.17. The highest BCUT2D eigenvalue weighted by Crippen LogP contribution is 2.15. The Balaban J connectivity index is 0.000000265. The van der Waals surface area contributed by atoms with Crippen LogP contribution in [0.15, 0.2) is 0 Å². The topological polar surface area (TPSA) is 63.6 Å². The van der Waals surface area contributed by atoms with Crippen LogP contribution in [-0.4, -0.2) is 23.1 Å². The van der Waals surface area contributed by atoms with E-state index < -0.39 is 5.97 Å². The fourth-order valence-electron chi connectivity index (χ4n) is 1.20. The van der Waals surface area contributed by atoms with Crippen LogP contribution in [0.25, 0.3) is 0 Å². The van der Waals surface area contributed by atoms with Crippen LogP contribution >= 0.6 is 0 Å². The first-order valence-electron chi connectivity index (χ1n) is 5.51. The molecule has 0 amide bonds. The Hall–Kier alpha value is -1.06. The quantitative estimate of drug-likeness (QED) is 0.733. The number of cyclic esters (lactones) is 1. The Labute approximate surface area is 90.6 Å². The number of carbonyl (C=O) groups excluding carboxylic acids is 1. The van der Waals surface area contributed by atoms with Crippen LogP contribution in [0.5, 0.6) is 0 Å². The molecule has 4 nitrogen and oxygen atoms in total. The molecule has 1 atom stereocenters. The Kier molecular flexibility index (Phi) is 7.68. The van der Waals surface area contributed by atoms with Crippen LogP contribution in [0.4, 0.5) is 0 Å². The van der Waals surface area contributed by atoms with Gasteiger partial charge in [-0.15, -0.1) is 0 Å². The summed E-state index contributed by atoms with van der Waals surface area (Å²) in [5, 5.41) is 8.04. The number of unbranched alkanes of at least 4 members (excludes halogenated alkanes) is 1. The highest BCUT2D eigenvalue weighted by molar-refractivity contribution is 5.71. The summed E-state index contributed by atoms with van der Waals surface area (Å²) in [5.74, 6) is -0.723. The minimum absolute atomic E-state index is 0.0307. The SMILES string of the molecule is CCC1CCC(=O)O1.CCCCC(=O)O. The van der Waals surface area contributed by atoms with E-state index in [1.807, 2.05) is 13.8 Å². The van der Waals surface area contributed by atoms with Crippen LogP contribution < -0.4 is 0 Å². The molecule has 0 aromatic rings. The molecule has 0 aromatic heterocycles. The van der Waals surface area contributed by atoms with Gasteiger partial charge in [-0.1, -0.05) is 20.3 Å². The number of hydrogen-bond acceptors (Lipinski definition) is 3. The smallest absolute Gasteiger partial charge is 0.306 e. The summed E-state index contributed by atoms with van der Waals surface area (Å²) >= 11 is 0. The third-order valence-electron chi connectivity index (χ3n) is 2.17. The Morgan fingerprint density at radius 3 is 2.40 bits per heavy atom. The molecule has 0 bridgehead atoms. The summed E-state index contributed by atoms with van der Waals surface area (Å²) in [5.41, 5.74) is 0. The van der Waals surface area contributed by atoms with E-state index in [0.29, 0.717) is 12.8 Å². The zero-order chi connectivity index (χ0) is 11.7. The molecule has 88 valence electrons. The van der Waals surface area contributed by atoms with Crippen LogP contribution in [0.2, 0.25) is 0 Å². The molecule has 1 heterocycles. The lowest BCUT2D eigenvalue weighted by atomic mass is 10.2. The fourth-order valence-corrected chi connectivity index (χ4v) is 1.20. The maximum absolute atomic E-state index is 10.4. The average Bonchev–Trinajstić information content (AvgIpc) is 2.62. The van der Waals surface area contributed by atoms with E-state index >= 15 is 0 Å². The summed E-state index contributed by atoms with van der Waals surface area (Å²) < 4.78 is 4.87. The summed E-state index contributed by atoms with van der Waals surface area (Å²) in [6.07, 6.45) is 4.82. The van der Waals surface area contributed by atoms with Gasteiger partial charge in [-0.3, -0.25) is 9.59 Å². The molecular formula is C11H20O4. The fraction of sp³-hybridized carbons (Fsp3) is 0.818. The third kappa shape index (κ3) is 7.97. The molecule has 1 rings (SSSR count). The molecule has 1 fully saturated rings. The van der Waals surface area contributed by atoms with Gasteiger partial charge >= 0.3 is 11.9 Å². The van der Waals surface area contributed by atoms with Gasteiger partial charge in [0.2, 0.25) is 0 Å². The molecule has 0 radical (unpaired) electrons. The van der Waals surface area contributed by atoms with E-state index in [-0.39, 0.29) is 12.1 Å². The summed E-state index contributed by atoms with van der Waals surface area (Å²) in [6.45, 7) is 4.01. The zero-order valence-corrected chi connectivity index (χ0v) is 9.49. The number of hydrogen-bond donors (Lipinski definition) is 1. The predicted octanol–water partition coefficient (Wildman–Crippen LogP) is 2.36. The molecular weight excluding hydrogens is 196 g/mol. The summed E-state index contributed by atoms with van der Waals surface area (Å²) in [6, 6.07) is 0. The second-order valence-corrected chi connectivity index (χ2v) is 3.56. The molecule has 1 aliphatic heterocycles.